The monoisotopic (exact) mass is 345 g/mol. The van der Waals surface area contributed by atoms with Gasteiger partial charge in [-0.3, -0.25) is 0 Å². The fourth-order valence-electron chi connectivity index (χ4n) is 2.76. The van der Waals surface area contributed by atoms with E-state index in [0.717, 1.165) is 30.2 Å². The van der Waals surface area contributed by atoms with E-state index in [1.54, 1.807) is 22.5 Å². The first-order valence-corrected chi connectivity index (χ1v) is 9.06. The third-order valence-electron chi connectivity index (χ3n) is 3.70. The molecule has 5 heteroatoms. The predicted molar refractivity (Wildman–Crippen MR) is 80.6 cm³/mol. The van der Waals surface area contributed by atoms with Crippen LogP contribution in [0, 0.1) is 0 Å². The summed E-state index contributed by atoms with van der Waals surface area (Å²) in [6, 6.07) is 7.14. The van der Waals surface area contributed by atoms with Gasteiger partial charge >= 0.3 is 0 Å². The number of hydrogen-bond acceptors (Lipinski definition) is 2. The van der Waals surface area contributed by atoms with E-state index in [2.05, 4.69) is 15.9 Å². The predicted octanol–water partition coefficient (Wildman–Crippen LogP) is 3.79. The van der Waals surface area contributed by atoms with Crippen molar-refractivity contribution in [3.8, 4) is 0 Å². The fraction of sp³-hybridized carbons (Fsp3) is 0.571. The van der Waals surface area contributed by atoms with Crippen molar-refractivity contribution in [2.75, 3.05) is 6.54 Å². The van der Waals surface area contributed by atoms with Crippen LogP contribution in [0.3, 0.4) is 0 Å². The lowest BCUT2D eigenvalue weighted by Crippen LogP contribution is -2.41. The molecule has 1 aliphatic carbocycles. The van der Waals surface area contributed by atoms with Crippen LogP contribution in [0.25, 0.3) is 0 Å². The minimum absolute atomic E-state index is 0.169. The molecule has 0 N–H and O–H groups in total. The summed E-state index contributed by atoms with van der Waals surface area (Å²) in [5.74, 6) is 0. The molecule has 0 atom stereocenters. The van der Waals surface area contributed by atoms with Crippen molar-refractivity contribution in [1.29, 1.82) is 0 Å². The first kappa shape index (κ1) is 15.0. The summed E-state index contributed by atoms with van der Waals surface area (Å²) >= 11 is 3.34. The number of benzene rings is 1. The van der Waals surface area contributed by atoms with Gasteiger partial charge in [0.25, 0.3) is 0 Å². The summed E-state index contributed by atoms with van der Waals surface area (Å²) in [5.41, 5.74) is 0. The summed E-state index contributed by atoms with van der Waals surface area (Å²) in [4.78, 5) is 0.384. The van der Waals surface area contributed by atoms with Crippen molar-refractivity contribution in [1.82, 2.24) is 4.31 Å². The molecule has 0 aliphatic heterocycles. The highest BCUT2D eigenvalue weighted by atomic mass is 79.9. The van der Waals surface area contributed by atoms with Gasteiger partial charge in [-0.2, -0.15) is 4.31 Å². The van der Waals surface area contributed by atoms with E-state index >= 15 is 0 Å². The molecule has 1 aromatic carbocycles. The molecule has 106 valence electrons. The quantitative estimate of drug-likeness (QED) is 0.832. The van der Waals surface area contributed by atoms with Gasteiger partial charge in [0.1, 0.15) is 0 Å². The lowest BCUT2D eigenvalue weighted by Gasteiger charge is -2.32. The summed E-state index contributed by atoms with van der Waals surface area (Å²) in [6.45, 7) is 2.46. The maximum absolute atomic E-state index is 12.7. The normalized spacial score (nSPS) is 17.8. The average molecular weight is 346 g/mol. The van der Waals surface area contributed by atoms with Crippen molar-refractivity contribution in [3.05, 3.63) is 28.7 Å². The molecule has 1 fully saturated rings. The highest BCUT2D eigenvalue weighted by molar-refractivity contribution is 9.10. The van der Waals surface area contributed by atoms with Gasteiger partial charge in [0.15, 0.2) is 0 Å². The molecule has 0 aromatic heterocycles. The Morgan fingerprint density at radius 3 is 2.53 bits per heavy atom. The molecule has 0 amide bonds. The first-order valence-electron chi connectivity index (χ1n) is 6.83. The molecule has 1 aliphatic rings. The maximum atomic E-state index is 12.7. The standard InChI is InChI=1S/C14H20BrNO2S/c1-2-16(13-8-4-3-5-9-13)19(17,18)14-10-6-7-12(15)11-14/h6-7,10-11,13H,2-5,8-9H2,1H3. The number of halogens is 1. The number of sulfonamides is 1. The van der Waals surface area contributed by atoms with Crippen molar-refractivity contribution in [2.45, 2.75) is 50.0 Å². The zero-order valence-electron chi connectivity index (χ0n) is 11.2. The van der Waals surface area contributed by atoms with E-state index in [9.17, 15) is 8.42 Å². The van der Waals surface area contributed by atoms with E-state index in [0.29, 0.717) is 11.4 Å². The average Bonchev–Trinajstić information content (AvgIpc) is 2.40. The van der Waals surface area contributed by atoms with Crippen LogP contribution >= 0.6 is 15.9 Å². The summed E-state index contributed by atoms with van der Waals surface area (Å²) in [6.07, 6.45) is 5.47. The third-order valence-corrected chi connectivity index (χ3v) is 6.21. The van der Waals surface area contributed by atoms with Crippen LogP contribution in [0.1, 0.15) is 39.0 Å². The number of rotatable bonds is 4. The minimum atomic E-state index is -3.37. The van der Waals surface area contributed by atoms with Gasteiger partial charge in [0, 0.05) is 17.1 Å². The van der Waals surface area contributed by atoms with E-state index in [1.807, 2.05) is 13.0 Å². The smallest absolute Gasteiger partial charge is 0.207 e. The van der Waals surface area contributed by atoms with E-state index in [1.165, 1.54) is 6.42 Å². The Labute approximate surface area is 124 Å². The van der Waals surface area contributed by atoms with Crippen LogP contribution in [-0.4, -0.2) is 25.3 Å². The SMILES string of the molecule is CCN(C1CCCCC1)S(=O)(=O)c1cccc(Br)c1. The zero-order chi connectivity index (χ0) is 13.9. The van der Waals surface area contributed by atoms with Crippen LogP contribution in [0.15, 0.2) is 33.6 Å². The van der Waals surface area contributed by atoms with Gasteiger partial charge in [-0.15, -0.1) is 0 Å². The minimum Gasteiger partial charge on any atom is -0.207 e. The lowest BCUT2D eigenvalue weighted by atomic mass is 9.95. The van der Waals surface area contributed by atoms with E-state index in [-0.39, 0.29) is 6.04 Å². The third kappa shape index (κ3) is 3.38. The molecule has 0 radical (unpaired) electrons. The van der Waals surface area contributed by atoms with Crippen molar-refractivity contribution >= 4 is 26.0 Å². The molecule has 2 rings (SSSR count). The number of hydrogen-bond donors (Lipinski definition) is 0. The molecule has 0 heterocycles. The topological polar surface area (TPSA) is 37.4 Å². The summed E-state index contributed by atoms with van der Waals surface area (Å²) < 4.78 is 27.9. The van der Waals surface area contributed by atoms with Crippen LogP contribution < -0.4 is 0 Å². The van der Waals surface area contributed by atoms with E-state index < -0.39 is 10.0 Å². The van der Waals surface area contributed by atoms with Gasteiger partial charge < -0.3 is 0 Å². The second kappa shape index (κ2) is 6.37. The van der Waals surface area contributed by atoms with Crippen LogP contribution in [-0.2, 0) is 10.0 Å². The Bertz CT molecular complexity index is 524. The van der Waals surface area contributed by atoms with Crippen LogP contribution in [0.5, 0.6) is 0 Å². The Hall–Kier alpha value is -0.390. The Balaban J connectivity index is 2.30. The Morgan fingerprint density at radius 2 is 1.95 bits per heavy atom. The second-order valence-electron chi connectivity index (χ2n) is 4.96. The van der Waals surface area contributed by atoms with Crippen LogP contribution in [0.4, 0.5) is 0 Å². The molecule has 0 unspecified atom stereocenters. The van der Waals surface area contributed by atoms with Crippen molar-refractivity contribution in [3.63, 3.8) is 0 Å². The molecule has 3 nitrogen and oxygen atoms in total. The maximum Gasteiger partial charge on any atom is 0.243 e. The van der Waals surface area contributed by atoms with Gasteiger partial charge in [0.05, 0.1) is 4.90 Å². The molecule has 0 bridgehead atoms. The largest absolute Gasteiger partial charge is 0.243 e. The van der Waals surface area contributed by atoms with Gasteiger partial charge in [-0.25, -0.2) is 8.42 Å². The van der Waals surface area contributed by atoms with Gasteiger partial charge in [-0.05, 0) is 31.0 Å². The molecule has 0 spiro atoms. The highest BCUT2D eigenvalue weighted by Crippen LogP contribution is 2.28. The molecular weight excluding hydrogens is 326 g/mol. The van der Waals surface area contributed by atoms with Crippen LogP contribution in [0.2, 0.25) is 0 Å². The van der Waals surface area contributed by atoms with Gasteiger partial charge in [-0.1, -0.05) is 48.2 Å². The number of nitrogens with zero attached hydrogens (tertiary/aromatic N) is 1. The van der Waals surface area contributed by atoms with Crippen molar-refractivity contribution in [2.24, 2.45) is 0 Å². The Morgan fingerprint density at radius 1 is 1.26 bits per heavy atom. The van der Waals surface area contributed by atoms with Crippen molar-refractivity contribution < 1.29 is 8.42 Å². The second-order valence-corrected chi connectivity index (χ2v) is 7.76. The molecule has 19 heavy (non-hydrogen) atoms. The van der Waals surface area contributed by atoms with E-state index in [4.69, 9.17) is 0 Å². The first-order chi connectivity index (χ1) is 9.05. The zero-order valence-corrected chi connectivity index (χ0v) is 13.6. The Kier molecular flexibility index (Phi) is 5.03. The van der Waals surface area contributed by atoms with Gasteiger partial charge in [0.2, 0.25) is 10.0 Å². The highest BCUT2D eigenvalue weighted by Gasteiger charge is 2.30. The lowest BCUT2D eigenvalue weighted by molar-refractivity contribution is 0.261. The summed E-state index contributed by atoms with van der Waals surface area (Å²) in [5, 5.41) is 0. The molecule has 1 saturated carbocycles. The summed E-state index contributed by atoms with van der Waals surface area (Å²) in [7, 11) is -3.37. The molecule has 1 aromatic rings. The molecule has 0 saturated heterocycles. The molecular formula is C14H20BrNO2S. The fourth-order valence-corrected chi connectivity index (χ4v) is 5.05.